The molecule has 0 saturated carbocycles. The van der Waals surface area contributed by atoms with E-state index in [9.17, 15) is 18.0 Å². The summed E-state index contributed by atoms with van der Waals surface area (Å²) in [7, 11) is -2.38. The van der Waals surface area contributed by atoms with Crippen molar-refractivity contribution in [2.24, 2.45) is 0 Å². The van der Waals surface area contributed by atoms with Gasteiger partial charge in [0, 0.05) is 4.88 Å². The second-order valence-corrected chi connectivity index (χ2v) is 10.6. The molecule has 3 rings (SSSR count). The molecule has 1 aliphatic carbocycles. The fourth-order valence-corrected chi connectivity index (χ4v) is 5.68. The number of aryl methyl sites for hydroxylation is 1. The predicted octanol–water partition coefficient (Wildman–Crippen LogP) is 3.55. The number of rotatable bonds is 7. The van der Waals surface area contributed by atoms with Crippen molar-refractivity contribution >= 4 is 43.9 Å². The van der Waals surface area contributed by atoms with Gasteiger partial charge in [-0.15, -0.1) is 11.3 Å². The van der Waals surface area contributed by atoms with E-state index >= 15 is 0 Å². The van der Waals surface area contributed by atoms with Gasteiger partial charge < -0.3 is 10.1 Å². The van der Waals surface area contributed by atoms with Crippen LogP contribution in [0.1, 0.15) is 52.5 Å². The molecule has 0 bridgehead atoms. The lowest BCUT2D eigenvalue weighted by Crippen LogP contribution is -2.37. The lowest BCUT2D eigenvalue weighted by molar-refractivity contribution is -0.114. The van der Waals surface area contributed by atoms with E-state index in [0.29, 0.717) is 22.2 Å². The fraction of sp³-hybridized carbons (Fsp3) is 0.429. The Morgan fingerprint density at radius 2 is 1.87 bits per heavy atom. The Hall–Kier alpha value is -2.39. The van der Waals surface area contributed by atoms with Crippen molar-refractivity contribution in [1.82, 2.24) is 0 Å². The van der Waals surface area contributed by atoms with E-state index in [0.717, 1.165) is 45.8 Å². The summed E-state index contributed by atoms with van der Waals surface area (Å²) in [6.45, 7) is 3.71. The summed E-state index contributed by atoms with van der Waals surface area (Å²) in [6, 6.07) is 7.11. The number of fused-ring (bicyclic) bond motifs is 1. The maximum atomic E-state index is 12.7. The molecule has 0 spiro atoms. The molecule has 0 fully saturated rings. The minimum atomic E-state index is -3.68. The summed E-state index contributed by atoms with van der Waals surface area (Å²) in [5.41, 5.74) is 2.80. The summed E-state index contributed by atoms with van der Waals surface area (Å²) < 4.78 is 30.6. The number of hydrogen-bond donors (Lipinski definition) is 1. The maximum absolute atomic E-state index is 12.7. The Balaban J connectivity index is 1.83. The fourth-order valence-electron chi connectivity index (χ4n) is 3.53. The number of carbonyl (C=O) groups excluding carboxylic acids is 2. The van der Waals surface area contributed by atoms with Crippen LogP contribution in [0.5, 0.6) is 0 Å². The topological polar surface area (TPSA) is 92.8 Å². The van der Waals surface area contributed by atoms with Gasteiger partial charge in [-0.3, -0.25) is 9.10 Å². The number of carbonyl (C=O) groups is 2. The second kappa shape index (κ2) is 8.77. The number of nitrogens with one attached hydrogen (secondary N) is 1. The Morgan fingerprint density at radius 3 is 2.43 bits per heavy atom. The lowest BCUT2D eigenvalue weighted by Gasteiger charge is -2.22. The molecule has 0 aliphatic heterocycles. The van der Waals surface area contributed by atoms with Crippen LogP contribution in [0.15, 0.2) is 24.3 Å². The number of sulfonamides is 1. The molecule has 7 nitrogen and oxygen atoms in total. The van der Waals surface area contributed by atoms with Gasteiger partial charge in [0.25, 0.3) is 0 Å². The third-order valence-electron chi connectivity index (χ3n) is 5.10. The van der Waals surface area contributed by atoms with Crippen molar-refractivity contribution in [3.63, 3.8) is 0 Å². The molecule has 1 N–H and O–H groups in total. The third-order valence-corrected chi connectivity index (χ3v) is 7.45. The second-order valence-electron chi connectivity index (χ2n) is 7.62. The van der Waals surface area contributed by atoms with Gasteiger partial charge in [-0.05, 0) is 48.4 Å². The number of esters is 1. The van der Waals surface area contributed by atoms with Gasteiger partial charge in [-0.25, -0.2) is 13.2 Å². The van der Waals surface area contributed by atoms with Crippen molar-refractivity contribution in [1.29, 1.82) is 0 Å². The van der Waals surface area contributed by atoms with Crippen molar-refractivity contribution in [3.05, 3.63) is 45.8 Å². The van der Waals surface area contributed by atoms with Crippen LogP contribution < -0.4 is 9.62 Å². The van der Waals surface area contributed by atoms with Gasteiger partial charge in [0.15, 0.2) is 0 Å². The van der Waals surface area contributed by atoms with Gasteiger partial charge in [0.2, 0.25) is 15.9 Å². The van der Waals surface area contributed by atoms with Gasteiger partial charge in [0.05, 0.1) is 24.6 Å². The van der Waals surface area contributed by atoms with E-state index in [2.05, 4.69) is 5.32 Å². The molecule has 0 radical (unpaired) electrons. The quantitative estimate of drug-likeness (QED) is 0.651. The Bertz CT molecular complexity index is 1060. The average Bonchev–Trinajstić information content (AvgIpc) is 3.25. The number of thiophene rings is 1. The van der Waals surface area contributed by atoms with E-state index in [4.69, 9.17) is 4.74 Å². The molecule has 0 atom stereocenters. The van der Waals surface area contributed by atoms with Crippen LogP contribution in [0, 0.1) is 0 Å². The summed E-state index contributed by atoms with van der Waals surface area (Å²) in [5.74, 6) is -0.695. The molecule has 1 aromatic heterocycles. The molecule has 1 aliphatic rings. The van der Waals surface area contributed by atoms with Crippen molar-refractivity contribution in [2.45, 2.75) is 39.0 Å². The number of methoxy groups -OCH3 is 1. The van der Waals surface area contributed by atoms with Crippen LogP contribution in [0.25, 0.3) is 0 Å². The zero-order valence-electron chi connectivity index (χ0n) is 17.5. The molecule has 0 saturated heterocycles. The SMILES string of the molecule is COC(=O)c1c(NC(=O)CN(c2ccc(C(C)C)cc2)S(C)(=O)=O)sc2c1CCC2. The highest BCUT2D eigenvalue weighted by Gasteiger charge is 2.29. The zero-order chi connectivity index (χ0) is 22.1. The van der Waals surface area contributed by atoms with E-state index < -0.39 is 21.9 Å². The van der Waals surface area contributed by atoms with Gasteiger partial charge in [-0.2, -0.15) is 0 Å². The van der Waals surface area contributed by atoms with Gasteiger partial charge >= 0.3 is 5.97 Å². The Kier molecular flexibility index (Phi) is 6.52. The molecule has 2 aromatic rings. The molecule has 1 heterocycles. The summed E-state index contributed by atoms with van der Waals surface area (Å²) >= 11 is 1.36. The Labute approximate surface area is 181 Å². The third kappa shape index (κ3) is 4.67. The highest BCUT2D eigenvalue weighted by molar-refractivity contribution is 7.92. The minimum absolute atomic E-state index is 0.312. The maximum Gasteiger partial charge on any atom is 0.341 e. The van der Waals surface area contributed by atoms with Crippen LogP contribution in [-0.2, 0) is 32.4 Å². The first-order chi connectivity index (χ1) is 14.1. The van der Waals surface area contributed by atoms with E-state index in [1.54, 1.807) is 12.1 Å². The van der Waals surface area contributed by atoms with Crippen LogP contribution in [0.2, 0.25) is 0 Å². The highest BCUT2D eigenvalue weighted by atomic mass is 32.2. The Morgan fingerprint density at radius 1 is 1.20 bits per heavy atom. The molecule has 1 aromatic carbocycles. The van der Waals surface area contributed by atoms with Crippen LogP contribution in [-0.4, -0.2) is 40.2 Å². The summed E-state index contributed by atoms with van der Waals surface area (Å²) in [5, 5.41) is 3.15. The summed E-state index contributed by atoms with van der Waals surface area (Å²) in [4.78, 5) is 26.1. The number of amides is 1. The first kappa shape index (κ1) is 22.3. The monoisotopic (exact) mass is 450 g/mol. The standard InChI is InChI=1S/C21H26N2O5S2/c1-13(2)14-8-10-15(11-9-14)23(30(4,26)27)12-18(24)22-20-19(21(25)28-3)16-6-5-7-17(16)29-20/h8-11,13H,5-7,12H2,1-4H3,(H,22,24). The number of benzene rings is 1. The van der Waals surface area contributed by atoms with Crippen molar-refractivity contribution in [3.8, 4) is 0 Å². The average molecular weight is 451 g/mol. The van der Waals surface area contributed by atoms with E-state index in [1.807, 2.05) is 26.0 Å². The molecular formula is C21H26N2O5S2. The van der Waals surface area contributed by atoms with E-state index in [1.165, 1.54) is 18.4 Å². The van der Waals surface area contributed by atoms with Gasteiger partial charge in [-0.1, -0.05) is 26.0 Å². The van der Waals surface area contributed by atoms with E-state index in [-0.39, 0.29) is 6.54 Å². The molecule has 162 valence electrons. The largest absolute Gasteiger partial charge is 0.465 e. The molecular weight excluding hydrogens is 424 g/mol. The lowest BCUT2D eigenvalue weighted by atomic mass is 10.0. The molecule has 1 amide bonds. The van der Waals surface area contributed by atoms with Crippen LogP contribution >= 0.6 is 11.3 Å². The van der Waals surface area contributed by atoms with Gasteiger partial charge in [0.1, 0.15) is 11.5 Å². The first-order valence-corrected chi connectivity index (χ1v) is 12.4. The number of hydrogen-bond acceptors (Lipinski definition) is 6. The van der Waals surface area contributed by atoms with Crippen LogP contribution in [0.3, 0.4) is 0 Å². The number of ether oxygens (including phenoxy) is 1. The number of anilines is 2. The first-order valence-electron chi connectivity index (χ1n) is 9.72. The molecule has 9 heteroatoms. The van der Waals surface area contributed by atoms with Crippen molar-refractivity contribution in [2.75, 3.05) is 29.5 Å². The normalized spacial score (nSPS) is 13.2. The number of nitrogens with zero attached hydrogens (tertiary/aromatic N) is 1. The highest BCUT2D eigenvalue weighted by Crippen LogP contribution is 2.39. The van der Waals surface area contributed by atoms with Crippen LogP contribution in [0.4, 0.5) is 10.7 Å². The molecule has 30 heavy (non-hydrogen) atoms. The molecule has 0 unspecified atom stereocenters. The van der Waals surface area contributed by atoms with Crippen molar-refractivity contribution < 1.29 is 22.7 Å². The predicted molar refractivity (Wildman–Crippen MR) is 119 cm³/mol. The zero-order valence-corrected chi connectivity index (χ0v) is 19.2. The summed E-state index contributed by atoms with van der Waals surface area (Å²) in [6.07, 6.45) is 3.66. The minimum Gasteiger partial charge on any atom is -0.465 e. The smallest absolute Gasteiger partial charge is 0.341 e.